The van der Waals surface area contributed by atoms with Gasteiger partial charge in [-0.1, -0.05) is 152 Å². The molecule has 12 aromatic rings. The molecule has 0 spiro atoms. The summed E-state index contributed by atoms with van der Waals surface area (Å²) in [7, 11) is 0. The van der Waals surface area contributed by atoms with Gasteiger partial charge in [-0.15, -0.1) is 0 Å². The largest absolute Gasteiger partial charge is 0.435 e. The van der Waals surface area contributed by atoms with Crippen molar-refractivity contribution in [1.82, 2.24) is 4.98 Å². The van der Waals surface area contributed by atoms with Gasteiger partial charge in [0.1, 0.15) is 5.52 Å². The molecule has 0 atom stereocenters. The predicted octanol–water partition coefficient (Wildman–Crippen LogP) is 17.9. The first kappa shape index (κ1) is 40.3. The molecule has 0 amide bonds. The fourth-order valence-corrected chi connectivity index (χ4v) is 9.40. The lowest BCUT2D eigenvalue weighted by Gasteiger charge is -2.31. The summed E-state index contributed by atoms with van der Waals surface area (Å²) < 4.78 is 6.63. The molecule has 1 heterocycles. The Bertz CT molecular complexity index is 3670. The van der Waals surface area contributed by atoms with E-state index in [0.717, 1.165) is 89.4 Å². The molecule has 0 N–H and O–H groups in total. The van der Waals surface area contributed by atoms with Gasteiger partial charge in [-0.05, 0) is 143 Å². The van der Waals surface area contributed by atoms with E-state index in [9.17, 15) is 0 Å². The van der Waals surface area contributed by atoms with Crippen molar-refractivity contribution in [2.45, 2.75) is 0 Å². The van der Waals surface area contributed by atoms with Gasteiger partial charge < -0.3 is 19.1 Å². The van der Waals surface area contributed by atoms with Gasteiger partial charge in [-0.25, -0.2) is 4.98 Å². The highest BCUT2D eigenvalue weighted by Crippen LogP contribution is 2.44. The van der Waals surface area contributed by atoms with Crippen molar-refractivity contribution < 1.29 is 4.42 Å². The molecule has 0 saturated heterocycles. The summed E-state index contributed by atoms with van der Waals surface area (Å²) in [4.78, 5) is 12.0. The Morgan fingerprint density at radius 3 is 1.18 bits per heavy atom. The van der Waals surface area contributed by atoms with Crippen LogP contribution in [-0.2, 0) is 0 Å². The second-order valence-corrected chi connectivity index (χ2v) is 16.8. The topological polar surface area (TPSA) is 35.8 Å². The van der Waals surface area contributed by atoms with Crippen LogP contribution in [0.5, 0.6) is 0 Å². The lowest BCUT2D eigenvalue weighted by Crippen LogP contribution is -2.14. The fraction of sp³-hybridized carbons (Fsp3) is 0. The summed E-state index contributed by atoms with van der Waals surface area (Å²) in [5.74, 6) is 0.614. The highest BCUT2D eigenvalue weighted by atomic mass is 16.3. The smallest absolute Gasteiger partial charge is 0.227 e. The Kier molecular flexibility index (Phi) is 10.5. The molecule has 0 radical (unpaired) electrons. The molecule has 12 rings (SSSR count). The number of aromatic nitrogens is 1. The van der Waals surface area contributed by atoms with Crippen LogP contribution in [-0.4, -0.2) is 4.98 Å². The van der Waals surface area contributed by atoms with Gasteiger partial charge in [-0.2, -0.15) is 0 Å². The third-order valence-electron chi connectivity index (χ3n) is 12.6. The zero-order chi connectivity index (χ0) is 45.2. The van der Waals surface area contributed by atoms with Crippen LogP contribution in [0.2, 0.25) is 0 Å². The first-order chi connectivity index (χ1) is 33.7. The van der Waals surface area contributed by atoms with Gasteiger partial charge in [0.2, 0.25) is 5.89 Å². The zero-order valence-corrected chi connectivity index (χ0v) is 37.1. The minimum absolute atomic E-state index is 0.614. The summed E-state index contributed by atoms with van der Waals surface area (Å²) >= 11 is 0. The number of anilines is 9. The van der Waals surface area contributed by atoms with Gasteiger partial charge in [0.25, 0.3) is 0 Å². The Morgan fingerprint density at radius 2 is 0.647 bits per heavy atom. The average molecular weight is 873 g/mol. The molecule has 5 heteroatoms. The Balaban J connectivity index is 0.980. The summed E-state index contributed by atoms with van der Waals surface area (Å²) in [6.07, 6.45) is 0. The van der Waals surface area contributed by atoms with E-state index in [1.54, 1.807) is 0 Å². The van der Waals surface area contributed by atoms with Gasteiger partial charge in [-0.3, -0.25) is 0 Å². The Hall–Kier alpha value is -9.19. The molecule has 0 aliphatic rings. The molecule has 322 valence electrons. The number of fused-ring (bicyclic) bond motifs is 5. The van der Waals surface area contributed by atoms with E-state index in [4.69, 9.17) is 9.40 Å². The molecular formula is C63H44N4O. The molecule has 0 unspecified atom stereocenters. The van der Waals surface area contributed by atoms with Gasteiger partial charge >= 0.3 is 0 Å². The van der Waals surface area contributed by atoms with E-state index in [2.05, 4.69) is 251 Å². The molecule has 1 aromatic heterocycles. The summed E-state index contributed by atoms with van der Waals surface area (Å²) in [6.45, 7) is 0. The molecule has 68 heavy (non-hydrogen) atoms. The van der Waals surface area contributed by atoms with E-state index in [0.29, 0.717) is 5.89 Å². The van der Waals surface area contributed by atoms with Crippen LogP contribution in [0.1, 0.15) is 0 Å². The van der Waals surface area contributed by atoms with Crippen LogP contribution in [0.4, 0.5) is 51.2 Å². The Morgan fingerprint density at radius 1 is 0.279 bits per heavy atom. The molecule has 0 saturated carbocycles. The van der Waals surface area contributed by atoms with E-state index in [-0.39, 0.29) is 0 Å². The van der Waals surface area contributed by atoms with E-state index < -0.39 is 0 Å². The normalized spacial score (nSPS) is 11.2. The monoisotopic (exact) mass is 872 g/mol. The van der Waals surface area contributed by atoms with Crippen LogP contribution in [0, 0.1) is 0 Å². The molecule has 0 aliphatic heterocycles. The Labute approximate surface area is 395 Å². The van der Waals surface area contributed by atoms with Crippen molar-refractivity contribution >= 4 is 83.8 Å². The lowest BCUT2D eigenvalue weighted by molar-refractivity contribution is 0.623. The molecule has 0 fully saturated rings. The number of rotatable bonds is 11. The third kappa shape index (κ3) is 7.68. The van der Waals surface area contributed by atoms with Crippen LogP contribution in [0.15, 0.2) is 271 Å². The number of hydrogen-bond donors (Lipinski definition) is 0. The summed E-state index contributed by atoms with van der Waals surface area (Å²) in [5, 5.41) is 4.37. The lowest BCUT2D eigenvalue weighted by atomic mass is 10.00. The van der Waals surface area contributed by atoms with Crippen LogP contribution in [0.25, 0.3) is 55.2 Å². The van der Waals surface area contributed by atoms with Crippen molar-refractivity contribution in [2.75, 3.05) is 14.7 Å². The molecule has 11 aromatic carbocycles. The summed E-state index contributed by atoms with van der Waals surface area (Å²) in [6, 6.07) is 94.3. The SMILES string of the molecule is c1ccc(-c2ccc(N(c3ccccc3)c3cccc(N(c4ccccc4)c4cccc(N(c5ccccc5)c5ccc6ccc7ccc8nc(-c9ccccc9)oc8c7c6c5)c4)c3)cc2)cc1. The van der Waals surface area contributed by atoms with Crippen molar-refractivity contribution in [1.29, 1.82) is 0 Å². The van der Waals surface area contributed by atoms with Crippen molar-refractivity contribution in [3.05, 3.63) is 267 Å². The van der Waals surface area contributed by atoms with Gasteiger partial charge in [0.05, 0.1) is 0 Å². The first-order valence-electron chi connectivity index (χ1n) is 22.9. The van der Waals surface area contributed by atoms with E-state index in [1.165, 1.54) is 11.1 Å². The van der Waals surface area contributed by atoms with Gasteiger partial charge in [0.15, 0.2) is 5.58 Å². The fourth-order valence-electron chi connectivity index (χ4n) is 9.40. The highest BCUT2D eigenvalue weighted by molar-refractivity contribution is 6.18. The molecular weight excluding hydrogens is 829 g/mol. The molecule has 5 nitrogen and oxygen atoms in total. The highest BCUT2D eigenvalue weighted by Gasteiger charge is 2.21. The number of oxazole rings is 1. The first-order valence-corrected chi connectivity index (χ1v) is 22.9. The second kappa shape index (κ2) is 17.7. The van der Waals surface area contributed by atoms with Crippen molar-refractivity contribution in [3.8, 4) is 22.6 Å². The van der Waals surface area contributed by atoms with Crippen LogP contribution < -0.4 is 14.7 Å². The maximum Gasteiger partial charge on any atom is 0.227 e. The quantitative estimate of drug-likeness (QED) is 0.121. The second-order valence-electron chi connectivity index (χ2n) is 16.8. The molecule has 0 bridgehead atoms. The molecule has 0 aliphatic carbocycles. The third-order valence-corrected chi connectivity index (χ3v) is 12.6. The number of para-hydroxylation sites is 3. The maximum absolute atomic E-state index is 6.63. The predicted molar refractivity (Wildman–Crippen MR) is 284 cm³/mol. The average Bonchev–Trinajstić information content (AvgIpc) is 3.86. The number of benzene rings is 11. The van der Waals surface area contributed by atoms with Crippen molar-refractivity contribution in [3.63, 3.8) is 0 Å². The minimum Gasteiger partial charge on any atom is -0.435 e. The number of hydrogen-bond acceptors (Lipinski definition) is 5. The van der Waals surface area contributed by atoms with E-state index >= 15 is 0 Å². The minimum atomic E-state index is 0.614. The van der Waals surface area contributed by atoms with Gasteiger partial charge in [0, 0.05) is 62.1 Å². The van der Waals surface area contributed by atoms with Crippen molar-refractivity contribution in [2.24, 2.45) is 0 Å². The van der Waals surface area contributed by atoms with Crippen LogP contribution in [0.3, 0.4) is 0 Å². The summed E-state index contributed by atoms with van der Waals surface area (Å²) in [5.41, 5.74) is 14.3. The zero-order valence-electron chi connectivity index (χ0n) is 37.1. The maximum atomic E-state index is 6.63. The number of nitrogens with zero attached hydrogens (tertiary/aromatic N) is 4. The standard InChI is InChI=1S/C63H44N4O/c1-6-18-45(19-7-1)46-34-38-53(39-35-46)65(50-22-10-3-11-23-50)54-28-16-29-55(42-54)66(51-24-12-4-13-25-51)56-30-17-31-57(43-56)67(52-26-14-5-15-27-52)58-40-36-47-32-33-48-37-41-60-62(61(48)59(47)44-58)68-63(64-60)49-20-8-2-9-21-49/h1-44H. The van der Waals surface area contributed by atoms with Crippen LogP contribution >= 0.6 is 0 Å². The van der Waals surface area contributed by atoms with E-state index in [1.807, 2.05) is 30.3 Å².